The molecular weight excluding hydrogens is 226 g/mol. The van der Waals surface area contributed by atoms with Crippen LogP contribution in [0.3, 0.4) is 0 Å². The number of hydrogen-bond donors (Lipinski definition) is 1. The normalized spacial score (nSPS) is 10.4. The molecule has 0 spiro atoms. The molecule has 1 N–H and O–H groups in total. The van der Waals surface area contributed by atoms with Gasteiger partial charge in [-0.3, -0.25) is 4.98 Å². The summed E-state index contributed by atoms with van der Waals surface area (Å²) in [6.45, 7) is 4.68. The van der Waals surface area contributed by atoms with Crippen molar-refractivity contribution in [2.45, 2.75) is 26.5 Å². The maximum absolute atomic E-state index is 5.69. The molecule has 2 heterocycles. The van der Waals surface area contributed by atoms with Crippen LogP contribution in [0.1, 0.15) is 19.4 Å². The zero-order chi connectivity index (χ0) is 12.8. The number of aromatic nitrogens is 2. The third-order valence-corrected chi connectivity index (χ3v) is 2.32. The average molecular weight is 243 g/mol. The monoisotopic (exact) mass is 243 g/mol. The van der Waals surface area contributed by atoms with Crippen molar-refractivity contribution in [1.29, 1.82) is 0 Å². The van der Waals surface area contributed by atoms with Crippen LogP contribution in [0.4, 0.5) is 5.82 Å². The molecule has 18 heavy (non-hydrogen) atoms. The molecule has 0 saturated heterocycles. The van der Waals surface area contributed by atoms with Crippen LogP contribution in [-0.4, -0.2) is 16.1 Å². The Kier molecular flexibility index (Phi) is 4.12. The van der Waals surface area contributed by atoms with E-state index in [0.29, 0.717) is 6.54 Å². The first-order chi connectivity index (χ1) is 8.75. The van der Waals surface area contributed by atoms with Crippen molar-refractivity contribution in [1.82, 2.24) is 9.97 Å². The molecule has 0 atom stereocenters. The highest BCUT2D eigenvalue weighted by atomic mass is 16.5. The lowest BCUT2D eigenvalue weighted by atomic mass is 10.3. The summed E-state index contributed by atoms with van der Waals surface area (Å²) in [6.07, 6.45) is 5.48. The maximum atomic E-state index is 5.69. The summed E-state index contributed by atoms with van der Waals surface area (Å²) >= 11 is 0. The van der Waals surface area contributed by atoms with Crippen LogP contribution in [0.15, 0.2) is 42.9 Å². The number of ether oxygens (including phenoxy) is 1. The van der Waals surface area contributed by atoms with E-state index in [2.05, 4.69) is 15.3 Å². The number of pyridine rings is 2. The molecule has 0 bridgehead atoms. The van der Waals surface area contributed by atoms with Crippen molar-refractivity contribution in [3.63, 3.8) is 0 Å². The summed E-state index contributed by atoms with van der Waals surface area (Å²) in [6, 6.07) is 7.72. The molecule has 2 aromatic rings. The van der Waals surface area contributed by atoms with Gasteiger partial charge in [-0.05, 0) is 37.6 Å². The van der Waals surface area contributed by atoms with E-state index in [9.17, 15) is 0 Å². The molecule has 4 heteroatoms. The summed E-state index contributed by atoms with van der Waals surface area (Å²) < 4.78 is 5.69. The van der Waals surface area contributed by atoms with E-state index in [1.165, 1.54) is 0 Å². The molecule has 0 amide bonds. The van der Waals surface area contributed by atoms with Crippen molar-refractivity contribution in [3.05, 3.63) is 48.4 Å². The third-order valence-electron chi connectivity index (χ3n) is 2.32. The van der Waals surface area contributed by atoms with Gasteiger partial charge in [0.1, 0.15) is 0 Å². The molecule has 4 nitrogen and oxygen atoms in total. The van der Waals surface area contributed by atoms with Crippen LogP contribution < -0.4 is 10.1 Å². The van der Waals surface area contributed by atoms with Gasteiger partial charge in [0.25, 0.3) is 0 Å². The van der Waals surface area contributed by atoms with Gasteiger partial charge in [-0.25, -0.2) is 4.98 Å². The van der Waals surface area contributed by atoms with Gasteiger partial charge in [-0.1, -0.05) is 6.07 Å². The standard InChI is InChI=1S/C14H17N3O/c1-11(2)18-13-6-4-8-16-14(13)17-10-12-5-3-7-15-9-12/h3-9,11H,10H2,1-2H3,(H,16,17). The van der Waals surface area contributed by atoms with Crippen LogP contribution in [0.2, 0.25) is 0 Å². The second-order valence-electron chi connectivity index (χ2n) is 4.23. The minimum atomic E-state index is 0.133. The average Bonchev–Trinajstić information content (AvgIpc) is 2.38. The highest BCUT2D eigenvalue weighted by Crippen LogP contribution is 2.22. The quantitative estimate of drug-likeness (QED) is 0.877. The van der Waals surface area contributed by atoms with Crippen LogP contribution in [0.25, 0.3) is 0 Å². The Hall–Kier alpha value is -2.10. The zero-order valence-corrected chi connectivity index (χ0v) is 10.6. The smallest absolute Gasteiger partial charge is 0.169 e. The Bertz CT molecular complexity index is 485. The molecular formula is C14H17N3O. The second kappa shape index (κ2) is 6.00. The molecule has 0 aliphatic carbocycles. The Morgan fingerprint density at radius 1 is 1.22 bits per heavy atom. The van der Waals surface area contributed by atoms with E-state index in [4.69, 9.17) is 4.74 Å². The predicted octanol–water partition coefficient (Wildman–Crippen LogP) is 2.88. The van der Waals surface area contributed by atoms with E-state index < -0.39 is 0 Å². The lowest BCUT2D eigenvalue weighted by Gasteiger charge is -2.14. The van der Waals surface area contributed by atoms with Gasteiger partial charge in [0.05, 0.1) is 6.10 Å². The Balaban J connectivity index is 2.05. The van der Waals surface area contributed by atoms with Gasteiger partial charge in [-0.15, -0.1) is 0 Å². The molecule has 2 rings (SSSR count). The Morgan fingerprint density at radius 3 is 2.78 bits per heavy atom. The van der Waals surface area contributed by atoms with E-state index in [1.54, 1.807) is 12.4 Å². The first-order valence-electron chi connectivity index (χ1n) is 6.00. The molecule has 0 radical (unpaired) electrons. The minimum Gasteiger partial charge on any atom is -0.487 e. The van der Waals surface area contributed by atoms with Gasteiger partial charge in [-0.2, -0.15) is 0 Å². The molecule has 0 saturated carbocycles. The van der Waals surface area contributed by atoms with E-state index in [-0.39, 0.29) is 6.10 Å². The van der Waals surface area contributed by atoms with E-state index in [1.807, 2.05) is 44.3 Å². The fourth-order valence-corrected chi connectivity index (χ4v) is 1.56. The number of anilines is 1. The van der Waals surface area contributed by atoms with E-state index >= 15 is 0 Å². The fraction of sp³-hybridized carbons (Fsp3) is 0.286. The van der Waals surface area contributed by atoms with E-state index in [0.717, 1.165) is 17.1 Å². The SMILES string of the molecule is CC(C)Oc1cccnc1NCc1cccnc1. The van der Waals surface area contributed by atoms with Gasteiger partial charge < -0.3 is 10.1 Å². The van der Waals surface area contributed by atoms with Gasteiger partial charge in [0.2, 0.25) is 0 Å². The highest BCUT2D eigenvalue weighted by Gasteiger charge is 2.05. The summed E-state index contributed by atoms with van der Waals surface area (Å²) in [7, 11) is 0. The van der Waals surface area contributed by atoms with Crippen LogP contribution >= 0.6 is 0 Å². The molecule has 94 valence electrons. The van der Waals surface area contributed by atoms with Crippen molar-refractivity contribution < 1.29 is 4.74 Å². The van der Waals surface area contributed by atoms with Crippen molar-refractivity contribution in [2.24, 2.45) is 0 Å². The summed E-state index contributed by atoms with van der Waals surface area (Å²) in [5.74, 6) is 1.53. The number of nitrogens with one attached hydrogen (secondary N) is 1. The Morgan fingerprint density at radius 2 is 2.06 bits per heavy atom. The summed E-state index contributed by atoms with van der Waals surface area (Å²) in [4.78, 5) is 8.37. The first kappa shape index (κ1) is 12.4. The number of rotatable bonds is 5. The molecule has 0 aromatic carbocycles. The summed E-state index contributed by atoms with van der Waals surface area (Å²) in [5, 5.41) is 3.26. The molecule has 2 aromatic heterocycles. The maximum Gasteiger partial charge on any atom is 0.169 e. The molecule has 0 fully saturated rings. The van der Waals surface area contributed by atoms with Crippen LogP contribution in [0, 0.1) is 0 Å². The second-order valence-corrected chi connectivity index (χ2v) is 4.23. The molecule has 0 unspecified atom stereocenters. The lowest BCUT2D eigenvalue weighted by molar-refractivity contribution is 0.243. The van der Waals surface area contributed by atoms with Gasteiger partial charge >= 0.3 is 0 Å². The first-order valence-corrected chi connectivity index (χ1v) is 6.00. The highest BCUT2D eigenvalue weighted by molar-refractivity contribution is 5.49. The lowest BCUT2D eigenvalue weighted by Crippen LogP contribution is -2.09. The van der Waals surface area contributed by atoms with Crippen molar-refractivity contribution in [2.75, 3.05) is 5.32 Å². The number of hydrogen-bond acceptors (Lipinski definition) is 4. The molecule has 0 aliphatic rings. The van der Waals surface area contributed by atoms with Crippen molar-refractivity contribution >= 4 is 5.82 Å². The van der Waals surface area contributed by atoms with Crippen molar-refractivity contribution in [3.8, 4) is 5.75 Å². The summed E-state index contributed by atoms with van der Waals surface area (Å²) in [5.41, 5.74) is 1.11. The third kappa shape index (κ3) is 3.45. The fourth-order valence-electron chi connectivity index (χ4n) is 1.56. The zero-order valence-electron chi connectivity index (χ0n) is 10.6. The van der Waals surface area contributed by atoms with Crippen LogP contribution in [-0.2, 0) is 6.54 Å². The Labute approximate surface area is 107 Å². The predicted molar refractivity (Wildman–Crippen MR) is 71.6 cm³/mol. The minimum absolute atomic E-state index is 0.133. The topological polar surface area (TPSA) is 47.0 Å². The largest absolute Gasteiger partial charge is 0.487 e. The number of nitrogens with zero attached hydrogens (tertiary/aromatic N) is 2. The van der Waals surface area contributed by atoms with Gasteiger partial charge in [0, 0.05) is 25.1 Å². The van der Waals surface area contributed by atoms with Crippen LogP contribution in [0.5, 0.6) is 5.75 Å². The molecule has 0 aliphatic heterocycles. The van der Waals surface area contributed by atoms with Gasteiger partial charge in [0.15, 0.2) is 11.6 Å².